The maximum Gasteiger partial charge on any atom is 0.387 e. The summed E-state index contributed by atoms with van der Waals surface area (Å²) in [6.45, 7) is -1.09. The first-order valence-corrected chi connectivity index (χ1v) is 5.25. The fourth-order valence-corrected chi connectivity index (χ4v) is 1.68. The van der Waals surface area contributed by atoms with Gasteiger partial charge < -0.3 is 9.84 Å². The lowest BCUT2D eigenvalue weighted by atomic mass is 10.0. The van der Waals surface area contributed by atoms with Gasteiger partial charge in [0.15, 0.2) is 0 Å². The van der Waals surface area contributed by atoms with Gasteiger partial charge in [-0.1, -0.05) is 12.1 Å². The van der Waals surface area contributed by atoms with Crippen LogP contribution in [0.3, 0.4) is 0 Å². The Morgan fingerprint density at radius 1 is 1.44 bits per heavy atom. The largest absolute Gasteiger partial charge is 0.435 e. The zero-order valence-electron chi connectivity index (χ0n) is 9.04. The first-order chi connectivity index (χ1) is 7.48. The van der Waals surface area contributed by atoms with Crippen LogP contribution in [0.1, 0.15) is 24.0 Å². The van der Waals surface area contributed by atoms with E-state index in [0.717, 1.165) is 18.4 Å². The van der Waals surface area contributed by atoms with Gasteiger partial charge in [0.1, 0.15) is 5.75 Å². The zero-order chi connectivity index (χ0) is 11.8. The van der Waals surface area contributed by atoms with Crippen LogP contribution in [0.15, 0.2) is 18.2 Å². The lowest BCUT2D eigenvalue weighted by Gasteiger charge is -2.12. The fourth-order valence-electron chi connectivity index (χ4n) is 1.68. The molecule has 1 aliphatic carbocycles. The summed E-state index contributed by atoms with van der Waals surface area (Å²) in [5.41, 5.74) is 0.894. The summed E-state index contributed by atoms with van der Waals surface area (Å²) in [7, 11) is 0. The van der Waals surface area contributed by atoms with Gasteiger partial charge in [-0.2, -0.15) is 8.78 Å². The highest BCUT2D eigenvalue weighted by molar-refractivity contribution is 5.37. The van der Waals surface area contributed by atoms with E-state index in [4.69, 9.17) is 0 Å². The SMILES string of the molecule is Cc1ccc(CC2(O)CC2)cc1OC(F)F. The van der Waals surface area contributed by atoms with Gasteiger partial charge in [-0.05, 0) is 37.0 Å². The van der Waals surface area contributed by atoms with Gasteiger partial charge in [-0.15, -0.1) is 0 Å². The first kappa shape index (κ1) is 11.3. The monoisotopic (exact) mass is 228 g/mol. The number of hydrogen-bond acceptors (Lipinski definition) is 2. The van der Waals surface area contributed by atoms with Crippen LogP contribution in [0.4, 0.5) is 8.78 Å². The van der Waals surface area contributed by atoms with Gasteiger partial charge in [0.05, 0.1) is 5.60 Å². The van der Waals surface area contributed by atoms with E-state index in [0.29, 0.717) is 12.0 Å². The Morgan fingerprint density at radius 3 is 2.69 bits per heavy atom. The highest BCUT2D eigenvalue weighted by atomic mass is 19.3. The molecular formula is C12H14F2O2. The molecule has 1 saturated carbocycles. The molecule has 0 atom stereocenters. The highest BCUT2D eigenvalue weighted by Crippen LogP contribution is 2.38. The molecule has 0 radical (unpaired) electrons. The molecule has 0 amide bonds. The Hall–Kier alpha value is -1.16. The van der Waals surface area contributed by atoms with Gasteiger partial charge in [-0.3, -0.25) is 0 Å². The van der Waals surface area contributed by atoms with Crippen molar-refractivity contribution in [1.29, 1.82) is 0 Å². The number of aliphatic hydroxyl groups is 1. The van der Waals surface area contributed by atoms with Crippen LogP contribution in [-0.4, -0.2) is 17.3 Å². The molecule has 16 heavy (non-hydrogen) atoms. The van der Waals surface area contributed by atoms with Crippen LogP contribution in [0.5, 0.6) is 5.75 Å². The van der Waals surface area contributed by atoms with Crippen molar-refractivity contribution in [3.8, 4) is 5.75 Å². The van der Waals surface area contributed by atoms with Crippen molar-refractivity contribution in [2.24, 2.45) is 0 Å². The van der Waals surface area contributed by atoms with E-state index in [-0.39, 0.29) is 5.75 Å². The molecule has 2 rings (SSSR count). The minimum absolute atomic E-state index is 0.191. The lowest BCUT2D eigenvalue weighted by molar-refractivity contribution is -0.0503. The van der Waals surface area contributed by atoms with Crippen LogP contribution in [0, 0.1) is 6.92 Å². The molecule has 0 bridgehead atoms. The molecule has 0 aromatic heterocycles. The molecule has 1 aromatic carbocycles. The number of halogens is 2. The summed E-state index contributed by atoms with van der Waals surface area (Å²) in [6, 6.07) is 5.15. The maximum atomic E-state index is 12.1. The lowest BCUT2D eigenvalue weighted by Crippen LogP contribution is -2.11. The van der Waals surface area contributed by atoms with E-state index in [9.17, 15) is 13.9 Å². The van der Waals surface area contributed by atoms with E-state index in [1.165, 1.54) is 0 Å². The highest BCUT2D eigenvalue weighted by Gasteiger charge is 2.40. The van der Waals surface area contributed by atoms with Gasteiger partial charge >= 0.3 is 6.61 Å². The smallest absolute Gasteiger partial charge is 0.387 e. The second kappa shape index (κ2) is 4.01. The molecule has 1 N–H and O–H groups in total. The molecule has 0 aliphatic heterocycles. The molecule has 0 unspecified atom stereocenters. The van der Waals surface area contributed by atoms with Crippen molar-refractivity contribution in [2.45, 2.75) is 38.4 Å². The summed E-state index contributed by atoms with van der Waals surface area (Å²) in [5.74, 6) is 0.191. The minimum Gasteiger partial charge on any atom is -0.435 e. The molecule has 0 spiro atoms. The molecule has 2 nitrogen and oxygen atoms in total. The molecule has 1 aliphatic rings. The third-order valence-electron chi connectivity index (χ3n) is 2.83. The molecule has 88 valence electrons. The molecule has 4 heteroatoms. The van der Waals surface area contributed by atoms with Gasteiger partial charge in [0.25, 0.3) is 0 Å². The number of hydrogen-bond donors (Lipinski definition) is 1. The van der Waals surface area contributed by atoms with Crippen LogP contribution in [0.2, 0.25) is 0 Å². The Morgan fingerprint density at radius 2 is 2.12 bits per heavy atom. The fraction of sp³-hybridized carbons (Fsp3) is 0.500. The van der Waals surface area contributed by atoms with E-state index in [1.54, 1.807) is 19.1 Å². The van der Waals surface area contributed by atoms with E-state index in [1.807, 2.05) is 6.07 Å². The Balaban J connectivity index is 2.14. The van der Waals surface area contributed by atoms with Crippen molar-refractivity contribution in [1.82, 2.24) is 0 Å². The molecular weight excluding hydrogens is 214 g/mol. The van der Waals surface area contributed by atoms with Gasteiger partial charge in [0, 0.05) is 6.42 Å². The molecule has 0 heterocycles. The van der Waals surface area contributed by atoms with Crippen LogP contribution >= 0.6 is 0 Å². The van der Waals surface area contributed by atoms with Crippen molar-refractivity contribution in [3.63, 3.8) is 0 Å². The van der Waals surface area contributed by atoms with Crippen LogP contribution in [-0.2, 0) is 6.42 Å². The maximum absolute atomic E-state index is 12.1. The van der Waals surface area contributed by atoms with Crippen molar-refractivity contribution >= 4 is 0 Å². The second-order valence-electron chi connectivity index (χ2n) is 4.38. The second-order valence-corrected chi connectivity index (χ2v) is 4.38. The minimum atomic E-state index is -2.81. The third kappa shape index (κ3) is 2.70. The predicted octanol–water partition coefficient (Wildman–Crippen LogP) is 2.66. The van der Waals surface area contributed by atoms with Crippen molar-refractivity contribution in [3.05, 3.63) is 29.3 Å². The number of alkyl halides is 2. The Labute approximate surface area is 92.9 Å². The summed E-state index contributed by atoms with van der Waals surface area (Å²) in [6.07, 6.45) is 2.07. The molecule has 1 fully saturated rings. The Bertz CT molecular complexity index is 387. The first-order valence-electron chi connectivity index (χ1n) is 5.25. The zero-order valence-corrected chi connectivity index (χ0v) is 9.04. The van der Waals surface area contributed by atoms with E-state index < -0.39 is 12.2 Å². The quantitative estimate of drug-likeness (QED) is 0.858. The van der Waals surface area contributed by atoms with E-state index >= 15 is 0 Å². The van der Waals surface area contributed by atoms with Crippen LogP contribution < -0.4 is 4.74 Å². The standard InChI is InChI=1S/C12H14F2O2/c1-8-2-3-9(7-12(15)4-5-12)6-10(8)16-11(13)14/h2-3,6,11,15H,4-5,7H2,1H3. The number of aryl methyl sites for hydroxylation is 1. The molecule has 0 saturated heterocycles. The van der Waals surface area contributed by atoms with Crippen molar-refractivity contribution in [2.75, 3.05) is 0 Å². The summed E-state index contributed by atoms with van der Waals surface area (Å²) < 4.78 is 28.6. The van der Waals surface area contributed by atoms with Crippen molar-refractivity contribution < 1.29 is 18.6 Å². The average Bonchev–Trinajstić information content (AvgIpc) is 2.89. The van der Waals surface area contributed by atoms with E-state index in [2.05, 4.69) is 4.74 Å². The van der Waals surface area contributed by atoms with Gasteiger partial charge in [-0.25, -0.2) is 0 Å². The number of benzene rings is 1. The third-order valence-corrected chi connectivity index (χ3v) is 2.83. The summed E-state index contributed by atoms with van der Waals surface area (Å²) >= 11 is 0. The summed E-state index contributed by atoms with van der Waals surface area (Å²) in [5, 5.41) is 9.74. The normalized spacial score (nSPS) is 17.6. The number of rotatable bonds is 4. The Kier molecular flexibility index (Phi) is 2.84. The molecule has 1 aromatic rings. The topological polar surface area (TPSA) is 29.5 Å². The van der Waals surface area contributed by atoms with Crippen LogP contribution in [0.25, 0.3) is 0 Å². The summed E-state index contributed by atoms with van der Waals surface area (Å²) in [4.78, 5) is 0. The van der Waals surface area contributed by atoms with Gasteiger partial charge in [0.2, 0.25) is 0 Å². The average molecular weight is 228 g/mol. The predicted molar refractivity (Wildman–Crippen MR) is 55.7 cm³/mol. The number of ether oxygens (including phenoxy) is 1.